The van der Waals surface area contributed by atoms with Gasteiger partial charge in [-0.2, -0.15) is 0 Å². The lowest BCUT2D eigenvalue weighted by Gasteiger charge is -2.39. The molecule has 0 bridgehead atoms. The summed E-state index contributed by atoms with van der Waals surface area (Å²) in [5.74, 6) is 0.645. The van der Waals surface area contributed by atoms with E-state index < -0.39 is 0 Å². The van der Waals surface area contributed by atoms with E-state index in [0.29, 0.717) is 23.7 Å². The Morgan fingerprint density at radius 3 is 3.13 bits per heavy atom. The third kappa shape index (κ3) is 2.27. The van der Waals surface area contributed by atoms with Crippen molar-refractivity contribution in [3.8, 4) is 0 Å². The van der Waals surface area contributed by atoms with Gasteiger partial charge in [-0.25, -0.2) is 4.98 Å². The number of nitrogens with two attached hydrogens (primary N) is 1. The molecule has 0 aliphatic carbocycles. The van der Waals surface area contributed by atoms with E-state index in [9.17, 15) is 0 Å². The second kappa shape index (κ2) is 4.68. The average molecular weight is 246 g/mol. The number of anilines is 1. The Bertz CT molecular complexity index is 328. The Morgan fingerprint density at radius 1 is 1.73 bits per heavy atom. The lowest BCUT2D eigenvalue weighted by atomic mass is 9.91. The number of hydrogen-bond donors (Lipinski definition) is 1. The highest BCUT2D eigenvalue weighted by Gasteiger charge is 2.28. The van der Waals surface area contributed by atoms with Gasteiger partial charge in [0.2, 0.25) is 0 Å². The monoisotopic (exact) mass is 245 g/mol. The van der Waals surface area contributed by atoms with Gasteiger partial charge in [-0.1, -0.05) is 18.5 Å². The Morgan fingerprint density at radius 2 is 2.53 bits per heavy atom. The van der Waals surface area contributed by atoms with Gasteiger partial charge in [0.25, 0.3) is 0 Å². The summed E-state index contributed by atoms with van der Waals surface area (Å²) in [6.07, 6.45) is 2.48. The first-order valence-electron chi connectivity index (χ1n) is 5.30. The van der Waals surface area contributed by atoms with Crippen LogP contribution in [0, 0.1) is 5.92 Å². The van der Waals surface area contributed by atoms with Crippen LogP contribution in [0.25, 0.3) is 0 Å². The Hall–Kier alpha value is -0.320. The van der Waals surface area contributed by atoms with E-state index in [0.717, 1.165) is 11.7 Å². The Balaban J connectivity index is 2.19. The van der Waals surface area contributed by atoms with Crippen molar-refractivity contribution in [2.75, 3.05) is 18.0 Å². The molecule has 0 amide bonds. The zero-order valence-electron chi connectivity index (χ0n) is 8.82. The maximum atomic E-state index is 5.85. The standard InChI is InChI=1S/C10H16ClN3S/c1-7-3-2-4-14(8(7)5-12)10-13-9(11)6-15-10/h6-8H,2-5,12H2,1H3. The summed E-state index contributed by atoms with van der Waals surface area (Å²) >= 11 is 7.45. The molecule has 3 nitrogen and oxygen atoms in total. The van der Waals surface area contributed by atoms with Gasteiger partial charge in [0.05, 0.1) is 0 Å². The van der Waals surface area contributed by atoms with Gasteiger partial charge in [0.1, 0.15) is 5.15 Å². The third-order valence-corrected chi connectivity index (χ3v) is 4.27. The molecule has 1 aromatic rings. The molecule has 1 fully saturated rings. The van der Waals surface area contributed by atoms with E-state index in [1.807, 2.05) is 5.38 Å². The zero-order chi connectivity index (χ0) is 10.8. The molecule has 0 saturated carbocycles. The fourth-order valence-corrected chi connectivity index (χ4v) is 3.26. The van der Waals surface area contributed by atoms with Crippen LogP contribution in [0.5, 0.6) is 0 Å². The summed E-state index contributed by atoms with van der Waals surface area (Å²) in [5.41, 5.74) is 5.83. The van der Waals surface area contributed by atoms with E-state index in [2.05, 4.69) is 16.8 Å². The van der Waals surface area contributed by atoms with Crippen LogP contribution in [0.4, 0.5) is 5.13 Å². The quantitative estimate of drug-likeness (QED) is 0.870. The maximum Gasteiger partial charge on any atom is 0.187 e. The predicted octanol–water partition coefficient (Wildman–Crippen LogP) is 2.36. The van der Waals surface area contributed by atoms with E-state index >= 15 is 0 Å². The number of aromatic nitrogens is 1. The lowest BCUT2D eigenvalue weighted by Crippen LogP contribution is -2.48. The normalized spacial score (nSPS) is 27.0. The van der Waals surface area contributed by atoms with Crippen molar-refractivity contribution in [3.05, 3.63) is 10.5 Å². The largest absolute Gasteiger partial charge is 0.344 e. The minimum Gasteiger partial charge on any atom is -0.344 e. The van der Waals surface area contributed by atoms with Crippen LogP contribution < -0.4 is 10.6 Å². The first-order valence-corrected chi connectivity index (χ1v) is 6.56. The Kier molecular flexibility index (Phi) is 3.49. The van der Waals surface area contributed by atoms with Crippen LogP contribution in [0.2, 0.25) is 5.15 Å². The minimum atomic E-state index is 0.418. The number of piperidine rings is 1. The molecule has 84 valence electrons. The van der Waals surface area contributed by atoms with Crippen LogP contribution >= 0.6 is 22.9 Å². The van der Waals surface area contributed by atoms with Crippen LogP contribution in [-0.4, -0.2) is 24.1 Å². The number of rotatable bonds is 2. The summed E-state index contributed by atoms with van der Waals surface area (Å²) in [6, 6.07) is 0.418. The number of hydrogen-bond acceptors (Lipinski definition) is 4. The molecular formula is C10H16ClN3S. The van der Waals surface area contributed by atoms with E-state index in [1.54, 1.807) is 11.3 Å². The van der Waals surface area contributed by atoms with E-state index in [1.165, 1.54) is 12.8 Å². The highest BCUT2D eigenvalue weighted by Crippen LogP contribution is 2.31. The number of thiazole rings is 1. The first kappa shape index (κ1) is 11.2. The molecule has 1 saturated heterocycles. The number of nitrogens with zero attached hydrogens (tertiary/aromatic N) is 2. The van der Waals surface area contributed by atoms with Crippen molar-refractivity contribution < 1.29 is 0 Å². The molecule has 15 heavy (non-hydrogen) atoms. The third-order valence-electron chi connectivity index (χ3n) is 3.07. The lowest BCUT2D eigenvalue weighted by molar-refractivity contribution is 0.349. The predicted molar refractivity (Wildman–Crippen MR) is 65.7 cm³/mol. The topological polar surface area (TPSA) is 42.2 Å². The molecule has 1 aromatic heterocycles. The van der Waals surface area contributed by atoms with Crippen LogP contribution in [0.1, 0.15) is 19.8 Å². The highest BCUT2D eigenvalue weighted by molar-refractivity contribution is 7.14. The highest BCUT2D eigenvalue weighted by atomic mass is 35.5. The maximum absolute atomic E-state index is 5.85. The molecule has 2 heterocycles. The SMILES string of the molecule is CC1CCCN(c2nc(Cl)cs2)C1CN. The molecule has 5 heteroatoms. The second-order valence-corrected chi connectivity index (χ2v) is 5.29. The summed E-state index contributed by atoms with van der Waals surface area (Å²) in [6.45, 7) is 4.01. The summed E-state index contributed by atoms with van der Waals surface area (Å²) in [4.78, 5) is 6.63. The van der Waals surface area contributed by atoms with Gasteiger partial charge in [0, 0.05) is 24.5 Å². The van der Waals surface area contributed by atoms with Crippen molar-refractivity contribution >= 4 is 28.1 Å². The number of halogens is 1. The molecule has 2 atom stereocenters. The molecule has 0 spiro atoms. The minimum absolute atomic E-state index is 0.418. The van der Waals surface area contributed by atoms with Gasteiger partial charge in [-0.15, -0.1) is 11.3 Å². The molecule has 0 radical (unpaired) electrons. The summed E-state index contributed by atoms with van der Waals surface area (Å²) < 4.78 is 0. The van der Waals surface area contributed by atoms with Gasteiger partial charge in [-0.3, -0.25) is 0 Å². The van der Waals surface area contributed by atoms with Gasteiger partial charge < -0.3 is 10.6 Å². The fraction of sp³-hybridized carbons (Fsp3) is 0.700. The molecule has 0 aromatic carbocycles. The summed E-state index contributed by atoms with van der Waals surface area (Å²) in [5, 5.41) is 3.48. The molecule has 1 aliphatic heterocycles. The molecule has 2 N–H and O–H groups in total. The van der Waals surface area contributed by atoms with E-state index in [4.69, 9.17) is 17.3 Å². The van der Waals surface area contributed by atoms with Crippen molar-refractivity contribution in [2.24, 2.45) is 11.7 Å². The smallest absolute Gasteiger partial charge is 0.187 e. The average Bonchev–Trinajstić information content (AvgIpc) is 2.64. The molecule has 1 aliphatic rings. The molecule has 2 rings (SSSR count). The van der Waals surface area contributed by atoms with Crippen molar-refractivity contribution in [3.63, 3.8) is 0 Å². The van der Waals surface area contributed by atoms with Crippen LogP contribution in [0.15, 0.2) is 5.38 Å². The zero-order valence-corrected chi connectivity index (χ0v) is 10.4. The van der Waals surface area contributed by atoms with Gasteiger partial charge in [-0.05, 0) is 18.8 Å². The molecular weight excluding hydrogens is 230 g/mol. The summed E-state index contributed by atoms with van der Waals surface area (Å²) in [7, 11) is 0. The molecule has 2 unspecified atom stereocenters. The van der Waals surface area contributed by atoms with Crippen molar-refractivity contribution in [2.45, 2.75) is 25.8 Å². The van der Waals surface area contributed by atoms with Gasteiger partial charge in [0.15, 0.2) is 5.13 Å². The van der Waals surface area contributed by atoms with Crippen molar-refractivity contribution in [1.82, 2.24) is 4.98 Å². The Labute approximate surface area is 99.2 Å². The second-order valence-electron chi connectivity index (χ2n) is 4.07. The van der Waals surface area contributed by atoms with Crippen LogP contribution in [-0.2, 0) is 0 Å². The van der Waals surface area contributed by atoms with Gasteiger partial charge >= 0.3 is 0 Å². The first-order chi connectivity index (χ1) is 7.22. The fourth-order valence-electron chi connectivity index (χ4n) is 2.22. The van der Waals surface area contributed by atoms with Crippen molar-refractivity contribution in [1.29, 1.82) is 0 Å². The van der Waals surface area contributed by atoms with Crippen LogP contribution in [0.3, 0.4) is 0 Å². The van der Waals surface area contributed by atoms with E-state index in [-0.39, 0.29) is 0 Å².